The number of benzene rings is 2. The molecule has 2 aromatic rings. The summed E-state index contributed by atoms with van der Waals surface area (Å²) in [5.41, 5.74) is 6.17. The Morgan fingerprint density at radius 3 is 2.48 bits per heavy atom. The van der Waals surface area contributed by atoms with Crippen molar-refractivity contribution in [1.29, 1.82) is 0 Å². The Morgan fingerprint density at radius 2 is 1.83 bits per heavy atom. The Morgan fingerprint density at radius 1 is 1.13 bits per heavy atom. The maximum absolute atomic E-state index is 12.0. The van der Waals surface area contributed by atoms with Crippen molar-refractivity contribution < 1.29 is 14.3 Å². The van der Waals surface area contributed by atoms with E-state index in [0.29, 0.717) is 19.9 Å². The van der Waals surface area contributed by atoms with Gasteiger partial charge in [0.2, 0.25) is 0 Å². The van der Waals surface area contributed by atoms with Crippen LogP contribution < -0.4 is 15.6 Å². The van der Waals surface area contributed by atoms with Gasteiger partial charge in [0.05, 0.1) is 5.56 Å². The Balaban J connectivity index is 1.81. The molecule has 2 rings (SSSR count). The number of hydrazine groups is 1. The number of hydrogen-bond acceptors (Lipinski definition) is 3. The van der Waals surface area contributed by atoms with E-state index < -0.39 is 11.8 Å². The van der Waals surface area contributed by atoms with Crippen LogP contribution in [0.15, 0.2) is 42.5 Å². The fourth-order valence-electron chi connectivity index (χ4n) is 1.69. The SMILES string of the molecule is Cc1ccc(OCC(=O)NNC(=O)c2ccc(Cl)cc2I)cc1. The molecule has 0 saturated carbocycles. The fraction of sp³-hybridized carbons (Fsp3) is 0.125. The van der Waals surface area contributed by atoms with Crippen LogP contribution in [0.2, 0.25) is 5.02 Å². The third-order valence-corrected chi connectivity index (χ3v) is 4.01. The Kier molecular flexibility index (Phi) is 6.23. The summed E-state index contributed by atoms with van der Waals surface area (Å²) < 4.78 is 6.01. The number of carbonyl (C=O) groups is 2. The summed E-state index contributed by atoms with van der Waals surface area (Å²) in [6, 6.07) is 12.2. The molecule has 0 unspecified atom stereocenters. The van der Waals surface area contributed by atoms with Gasteiger partial charge in [-0.15, -0.1) is 0 Å². The maximum atomic E-state index is 12.0. The zero-order chi connectivity index (χ0) is 16.8. The van der Waals surface area contributed by atoms with Crippen LogP contribution in [0.4, 0.5) is 0 Å². The molecule has 120 valence electrons. The molecule has 2 aromatic carbocycles. The molecule has 0 heterocycles. The van der Waals surface area contributed by atoms with Gasteiger partial charge in [0, 0.05) is 8.59 Å². The minimum absolute atomic E-state index is 0.193. The van der Waals surface area contributed by atoms with Crippen LogP contribution >= 0.6 is 34.2 Å². The smallest absolute Gasteiger partial charge is 0.276 e. The number of ether oxygens (including phenoxy) is 1. The number of aryl methyl sites for hydroxylation is 1. The average Bonchev–Trinajstić information content (AvgIpc) is 2.52. The molecule has 0 bridgehead atoms. The minimum atomic E-state index is -0.456. The van der Waals surface area contributed by atoms with E-state index in [9.17, 15) is 9.59 Å². The van der Waals surface area contributed by atoms with E-state index >= 15 is 0 Å². The van der Waals surface area contributed by atoms with Gasteiger partial charge in [-0.05, 0) is 59.8 Å². The highest BCUT2D eigenvalue weighted by Gasteiger charge is 2.11. The van der Waals surface area contributed by atoms with Gasteiger partial charge < -0.3 is 4.74 Å². The van der Waals surface area contributed by atoms with Crippen LogP contribution in [0.1, 0.15) is 15.9 Å². The normalized spacial score (nSPS) is 10.0. The topological polar surface area (TPSA) is 67.4 Å². The monoisotopic (exact) mass is 444 g/mol. The Labute approximate surface area is 152 Å². The number of nitrogens with one attached hydrogen (secondary N) is 2. The highest BCUT2D eigenvalue weighted by molar-refractivity contribution is 14.1. The van der Waals surface area contributed by atoms with Crippen molar-refractivity contribution in [2.45, 2.75) is 6.92 Å². The summed E-state index contributed by atoms with van der Waals surface area (Å²) in [5.74, 6) is -0.290. The zero-order valence-electron chi connectivity index (χ0n) is 12.2. The third-order valence-electron chi connectivity index (χ3n) is 2.88. The van der Waals surface area contributed by atoms with Crippen LogP contribution in [0.25, 0.3) is 0 Å². The number of carbonyl (C=O) groups excluding carboxylic acids is 2. The lowest BCUT2D eigenvalue weighted by Gasteiger charge is -2.10. The molecule has 7 heteroatoms. The van der Waals surface area contributed by atoms with Crippen LogP contribution in [-0.4, -0.2) is 18.4 Å². The second-order valence-electron chi connectivity index (χ2n) is 4.73. The Hall–Kier alpha value is -1.80. The van der Waals surface area contributed by atoms with Gasteiger partial charge >= 0.3 is 0 Å². The molecule has 0 aliphatic carbocycles. The lowest BCUT2D eigenvalue weighted by molar-refractivity contribution is -0.123. The fourth-order valence-corrected chi connectivity index (χ4v) is 2.80. The quantitative estimate of drug-likeness (QED) is 0.563. The van der Waals surface area contributed by atoms with Gasteiger partial charge in [-0.25, -0.2) is 0 Å². The molecule has 0 aliphatic rings. The molecule has 0 fully saturated rings. The van der Waals surface area contributed by atoms with Crippen LogP contribution in [0.5, 0.6) is 5.75 Å². The second kappa shape index (κ2) is 8.16. The van der Waals surface area contributed by atoms with Gasteiger partial charge in [-0.2, -0.15) is 0 Å². The van der Waals surface area contributed by atoms with Crippen LogP contribution in [-0.2, 0) is 4.79 Å². The molecule has 23 heavy (non-hydrogen) atoms. The minimum Gasteiger partial charge on any atom is -0.484 e. The summed E-state index contributed by atoms with van der Waals surface area (Å²) in [6.45, 7) is 1.77. The van der Waals surface area contributed by atoms with E-state index in [1.807, 2.05) is 41.6 Å². The lowest BCUT2D eigenvalue weighted by Crippen LogP contribution is -2.44. The van der Waals surface area contributed by atoms with Gasteiger partial charge in [0.1, 0.15) is 5.75 Å². The van der Waals surface area contributed by atoms with Crippen LogP contribution in [0, 0.1) is 10.5 Å². The van der Waals surface area contributed by atoms with Crippen molar-refractivity contribution in [3.05, 3.63) is 62.2 Å². The van der Waals surface area contributed by atoms with E-state index in [0.717, 1.165) is 5.56 Å². The van der Waals surface area contributed by atoms with Crippen molar-refractivity contribution in [2.75, 3.05) is 6.61 Å². The molecule has 2 amide bonds. The predicted molar refractivity (Wildman–Crippen MR) is 96.5 cm³/mol. The molecule has 0 atom stereocenters. The summed E-state index contributed by atoms with van der Waals surface area (Å²) in [6.07, 6.45) is 0. The number of rotatable bonds is 4. The van der Waals surface area contributed by atoms with Gasteiger partial charge in [-0.1, -0.05) is 29.3 Å². The molecule has 2 N–H and O–H groups in total. The standard InChI is InChI=1S/C16H14ClIN2O3/c1-10-2-5-12(6-3-10)23-9-15(21)19-20-16(22)13-7-4-11(17)8-14(13)18/h2-8H,9H2,1H3,(H,19,21)(H,20,22). The summed E-state index contributed by atoms with van der Waals surface area (Å²) in [7, 11) is 0. The molecule has 5 nitrogen and oxygen atoms in total. The van der Waals surface area contributed by atoms with Crippen molar-refractivity contribution in [3.63, 3.8) is 0 Å². The van der Waals surface area contributed by atoms with E-state index in [-0.39, 0.29) is 6.61 Å². The van der Waals surface area contributed by atoms with E-state index in [1.165, 1.54) is 0 Å². The first-order valence-electron chi connectivity index (χ1n) is 6.69. The highest BCUT2D eigenvalue weighted by atomic mass is 127. The van der Waals surface area contributed by atoms with E-state index in [2.05, 4.69) is 10.9 Å². The van der Waals surface area contributed by atoms with E-state index in [4.69, 9.17) is 16.3 Å². The first-order valence-corrected chi connectivity index (χ1v) is 8.15. The zero-order valence-corrected chi connectivity index (χ0v) is 15.1. The average molecular weight is 445 g/mol. The molecule has 0 saturated heterocycles. The Bertz CT molecular complexity index is 720. The van der Waals surface area contributed by atoms with Gasteiger partial charge in [0.15, 0.2) is 6.61 Å². The highest BCUT2D eigenvalue weighted by Crippen LogP contribution is 2.17. The number of amides is 2. The number of hydrogen-bond donors (Lipinski definition) is 2. The largest absolute Gasteiger partial charge is 0.484 e. The van der Waals surface area contributed by atoms with Gasteiger partial charge in [0.25, 0.3) is 11.8 Å². The summed E-state index contributed by atoms with van der Waals surface area (Å²) in [4.78, 5) is 23.7. The first kappa shape index (κ1) is 17.6. The summed E-state index contributed by atoms with van der Waals surface area (Å²) >= 11 is 7.84. The van der Waals surface area contributed by atoms with Crippen molar-refractivity contribution in [1.82, 2.24) is 10.9 Å². The first-order chi connectivity index (χ1) is 11.0. The molecular formula is C16H14ClIN2O3. The second-order valence-corrected chi connectivity index (χ2v) is 6.33. The molecule has 0 aliphatic heterocycles. The lowest BCUT2D eigenvalue weighted by atomic mass is 10.2. The van der Waals surface area contributed by atoms with E-state index in [1.54, 1.807) is 30.3 Å². The third kappa shape index (κ3) is 5.40. The molecule has 0 spiro atoms. The molecular weight excluding hydrogens is 431 g/mol. The molecule has 0 radical (unpaired) electrons. The number of halogens is 2. The summed E-state index contributed by atoms with van der Waals surface area (Å²) in [5, 5.41) is 0.543. The predicted octanol–water partition coefficient (Wildman–Crippen LogP) is 3.09. The van der Waals surface area contributed by atoms with Crippen molar-refractivity contribution in [3.8, 4) is 5.75 Å². The maximum Gasteiger partial charge on any atom is 0.276 e. The van der Waals surface area contributed by atoms with Crippen molar-refractivity contribution in [2.24, 2.45) is 0 Å². The van der Waals surface area contributed by atoms with Gasteiger partial charge in [-0.3, -0.25) is 20.4 Å². The van der Waals surface area contributed by atoms with Crippen molar-refractivity contribution >= 4 is 46.0 Å². The molecule has 0 aromatic heterocycles. The van der Waals surface area contributed by atoms with Crippen LogP contribution in [0.3, 0.4) is 0 Å².